The van der Waals surface area contributed by atoms with E-state index in [0.717, 1.165) is 12.0 Å². The molecule has 0 aromatic carbocycles. The van der Waals surface area contributed by atoms with Crippen molar-refractivity contribution in [2.75, 3.05) is 13.7 Å². The smallest absolute Gasteiger partial charge is 0.220 e. The molecule has 108 valence electrons. The first-order valence-electron chi connectivity index (χ1n) is 6.70. The predicted molar refractivity (Wildman–Crippen MR) is 79.4 cm³/mol. The van der Waals surface area contributed by atoms with Gasteiger partial charge in [-0.15, -0.1) is 11.6 Å². The number of allylic oxidation sites excluding steroid dienone is 2. The third kappa shape index (κ3) is 3.40. The average molecular weight is 286 g/mol. The molecule has 0 saturated heterocycles. The van der Waals surface area contributed by atoms with E-state index >= 15 is 0 Å². The average Bonchev–Trinajstić information content (AvgIpc) is 2.33. The van der Waals surface area contributed by atoms with Gasteiger partial charge in [-0.1, -0.05) is 25.2 Å². The number of methoxy groups -OCH3 is 1. The zero-order valence-electron chi connectivity index (χ0n) is 12.4. The minimum Gasteiger partial charge on any atom is -0.383 e. The Morgan fingerprint density at radius 3 is 2.74 bits per heavy atom. The zero-order valence-corrected chi connectivity index (χ0v) is 13.2. The summed E-state index contributed by atoms with van der Waals surface area (Å²) >= 11 is 6.74. The molecule has 0 saturated carbocycles. The monoisotopic (exact) mass is 285 g/mol. The number of ether oxygens (including phenoxy) is 1. The van der Waals surface area contributed by atoms with Gasteiger partial charge in [-0.25, -0.2) is 0 Å². The summed E-state index contributed by atoms with van der Waals surface area (Å²) in [5.41, 5.74) is 1.11. The van der Waals surface area contributed by atoms with Gasteiger partial charge in [0, 0.05) is 14.0 Å². The number of amides is 1. The molecule has 19 heavy (non-hydrogen) atoms. The largest absolute Gasteiger partial charge is 0.383 e. The molecule has 0 spiro atoms. The first-order valence-corrected chi connectivity index (χ1v) is 7.08. The van der Waals surface area contributed by atoms with Crippen LogP contribution in [0.25, 0.3) is 0 Å². The molecule has 1 aliphatic rings. The van der Waals surface area contributed by atoms with E-state index in [1.165, 1.54) is 0 Å². The Morgan fingerprint density at radius 2 is 2.26 bits per heavy atom. The van der Waals surface area contributed by atoms with E-state index < -0.39 is 4.87 Å². The maximum Gasteiger partial charge on any atom is 0.220 e. The summed E-state index contributed by atoms with van der Waals surface area (Å²) < 4.78 is 5.19. The van der Waals surface area contributed by atoms with E-state index in [1.54, 1.807) is 14.0 Å². The molecule has 0 bridgehead atoms. The normalized spacial score (nSPS) is 27.9. The molecule has 3 atom stereocenters. The van der Waals surface area contributed by atoms with Crippen molar-refractivity contribution in [2.24, 2.45) is 0 Å². The molecule has 0 aliphatic heterocycles. The Kier molecular flexibility index (Phi) is 5.63. The maximum atomic E-state index is 12.1. The molecule has 0 heterocycles. The third-order valence-electron chi connectivity index (χ3n) is 3.68. The molecule has 0 aromatic rings. The lowest BCUT2D eigenvalue weighted by atomic mass is 9.84. The van der Waals surface area contributed by atoms with Crippen LogP contribution in [-0.4, -0.2) is 41.5 Å². The number of alkyl halides is 1. The number of halogens is 1. The van der Waals surface area contributed by atoms with Crippen LogP contribution in [0.3, 0.4) is 0 Å². The van der Waals surface area contributed by atoms with Crippen LogP contribution in [-0.2, 0) is 9.53 Å². The molecule has 3 unspecified atom stereocenters. The Labute approximate surface area is 121 Å². The Morgan fingerprint density at radius 1 is 1.63 bits per heavy atom. The van der Waals surface area contributed by atoms with Crippen LogP contribution >= 0.6 is 11.6 Å². The lowest BCUT2D eigenvalue weighted by Gasteiger charge is -2.45. The molecule has 0 N–H and O–H groups in total. The topological polar surface area (TPSA) is 29.5 Å². The first-order chi connectivity index (χ1) is 8.87. The molecule has 1 rings (SSSR count). The predicted octanol–water partition coefficient (Wildman–Crippen LogP) is 3.14. The number of hydrogen-bond donors (Lipinski definition) is 0. The molecule has 0 radical (unpaired) electrons. The van der Waals surface area contributed by atoms with Crippen LogP contribution in [0.5, 0.6) is 0 Å². The number of rotatable bonds is 5. The quantitative estimate of drug-likeness (QED) is 0.726. The van der Waals surface area contributed by atoms with Crippen LogP contribution in [0, 0.1) is 0 Å². The fraction of sp³-hybridized carbons (Fsp3) is 0.667. The zero-order chi connectivity index (χ0) is 14.6. The van der Waals surface area contributed by atoms with Crippen molar-refractivity contribution in [3.63, 3.8) is 0 Å². The second-order valence-electron chi connectivity index (χ2n) is 5.18. The first kappa shape index (κ1) is 16.3. The molecule has 0 aromatic heterocycles. The van der Waals surface area contributed by atoms with Gasteiger partial charge in [0.05, 0.1) is 23.6 Å². The van der Waals surface area contributed by atoms with Gasteiger partial charge in [-0.05, 0) is 25.8 Å². The van der Waals surface area contributed by atoms with Crippen molar-refractivity contribution >= 4 is 17.5 Å². The van der Waals surface area contributed by atoms with Gasteiger partial charge < -0.3 is 9.64 Å². The van der Waals surface area contributed by atoms with Gasteiger partial charge >= 0.3 is 0 Å². The third-order valence-corrected chi connectivity index (χ3v) is 4.28. The highest BCUT2D eigenvalue weighted by Gasteiger charge is 2.42. The van der Waals surface area contributed by atoms with Gasteiger partial charge in [-0.3, -0.25) is 4.79 Å². The van der Waals surface area contributed by atoms with Crippen LogP contribution in [0.4, 0.5) is 0 Å². The van der Waals surface area contributed by atoms with E-state index in [1.807, 2.05) is 43.9 Å². The van der Waals surface area contributed by atoms with Gasteiger partial charge in [0.15, 0.2) is 0 Å². The van der Waals surface area contributed by atoms with Crippen molar-refractivity contribution in [1.82, 2.24) is 4.90 Å². The molecule has 1 amide bonds. The van der Waals surface area contributed by atoms with E-state index in [4.69, 9.17) is 16.3 Å². The van der Waals surface area contributed by atoms with Crippen LogP contribution in [0.2, 0.25) is 0 Å². The minimum absolute atomic E-state index is 0.00738. The molecule has 1 aliphatic carbocycles. The lowest BCUT2D eigenvalue weighted by Crippen LogP contribution is -2.56. The number of carbonyl (C=O) groups excluding carboxylic acids is 1. The van der Waals surface area contributed by atoms with Gasteiger partial charge in [0.25, 0.3) is 0 Å². The van der Waals surface area contributed by atoms with E-state index in [2.05, 4.69) is 0 Å². The maximum absolute atomic E-state index is 12.1. The molecule has 4 heteroatoms. The van der Waals surface area contributed by atoms with Gasteiger partial charge in [0.1, 0.15) is 0 Å². The molecular weight excluding hydrogens is 262 g/mol. The van der Waals surface area contributed by atoms with E-state index in [-0.39, 0.29) is 18.0 Å². The fourth-order valence-electron chi connectivity index (χ4n) is 2.75. The van der Waals surface area contributed by atoms with Crippen molar-refractivity contribution in [3.8, 4) is 0 Å². The van der Waals surface area contributed by atoms with Crippen LogP contribution in [0.1, 0.15) is 34.1 Å². The fourth-order valence-corrected chi connectivity index (χ4v) is 3.10. The Balaban J connectivity index is 3.15. The highest BCUT2D eigenvalue weighted by atomic mass is 35.5. The standard InChI is InChI=1S/C15H24ClNO2/c1-6-15(16)9-7-8-11(2)14(15)17(13(4)18)12(3)10-19-5/h7-9,12,14H,6,10H2,1-5H3. The van der Waals surface area contributed by atoms with Gasteiger partial charge in [-0.2, -0.15) is 0 Å². The second kappa shape index (κ2) is 6.58. The van der Waals surface area contributed by atoms with Gasteiger partial charge in [0.2, 0.25) is 5.91 Å². The summed E-state index contributed by atoms with van der Waals surface area (Å²) in [5, 5.41) is 0. The number of nitrogens with zero attached hydrogens (tertiary/aromatic N) is 1. The molecule has 0 fully saturated rings. The molecular formula is C15H24ClNO2. The van der Waals surface area contributed by atoms with E-state index in [0.29, 0.717) is 6.61 Å². The van der Waals surface area contributed by atoms with Crippen molar-refractivity contribution in [2.45, 2.75) is 51.1 Å². The van der Waals surface area contributed by atoms with Crippen molar-refractivity contribution < 1.29 is 9.53 Å². The van der Waals surface area contributed by atoms with E-state index in [9.17, 15) is 4.79 Å². The summed E-state index contributed by atoms with van der Waals surface area (Å²) in [7, 11) is 1.64. The minimum atomic E-state index is -0.535. The highest BCUT2D eigenvalue weighted by Crippen LogP contribution is 2.37. The summed E-state index contributed by atoms with van der Waals surface area (Å²) in [5.74, 6) is 0.0241. The summed E-state index contributed by atoms with van der Waals surface area (Å²) in [6.07, 6.45) is 6.75. The van der Waals surface area contributed by atoms with Crippen LogP contribution in [0.15, 0.2) is 23.8 Å². The second-order valence-corrected chi connectivity index (χ2v) is 5.89. The lowest BCUT2D eigenvalue weighted by molar-refractivity contribution is -0.134. The van der Waals surface area contributed by atoms with Crippen molar-refractivity contribution in [1.29, 1.82) is 0 Å². The Bertz CT molecular complexity index is 392. The number of hydrogen-bond acceptors (Lipinski definition) is 2. The Hall–Kier alpha value is -0.800. The summed E-state index contributed by atoms with van der Waals surface area (Å²) in [4.78, 5) is 13.4. The molecule has 3 nitrogen and oxygen atoms in total. The SMILES string of the molecule is CCC1(Cl)C=CC=C(C)C1N(C(C)=O)C(C)COC. The summed E-state index contributed by atoms with van der Waals surface area (Å²) in [6.45, 7) is 8.15. The van der Waals surface area contributed by atoms with Crippen LogP contribution < -0.4 is 0 Å². The van der Waals surface area contributed by atoms with Crippen molar-refractivity contribution in [3.05, 3.63) is 23.8 Å². The summed E-state index contributed by atoms with van der Waals surface area (Å²) in [6, 6.07) is -0.126. The number of carbonyl (C=O) groups is 1. The highest BCUT2D eigenvalue weighted by molar-refractivity contribution is 6.26.